The molecule has 22 heavy (non-hydrogen) atoms. The molecule has 126 valence electrons. The van der Waals surface area contributed by atoms with Crippen molar-refractivity contribution in [2.75, 3.05) is 19.6 Å². The zero-order valence-electron chi connectivity index (χ0n) is 14.9. The number of amides is 2. The minimum atomic E-state index is -0.325. The number of carbonyl (C=O) groups is 2. The van der Waals surface area contributed by atoms with E-state index in [1.54, 1.807) is 0 Å². The summed E-state index contributed by atoms with van der Waals surface area (Å²) in [7, 11) is 0. The fourth-order valence-corrected chi connectivity index (χ4v) is 3.24. The van der Waals surface area contributed by atoms with Crippen LogP contribution in [0.3, 0.4) is 0 Å². The van der Waals surface area contributed by atoms with Gasteiger partial charge in [0.25, 0.3) is 0 Å². The lowest BCUT2D eigenvalue weighted by atomic mass is 9.90. The van der Waals surface area contributed by atoms with E-state index in [0.717, 1.165) is 32.5 Å². The fraction of sp³-hybridized carbons (Fsp3) is 0.889. The Labute approximate surface area is 135 Å². The number of piperidine rings is 1. The Kier molecular flexibility index (Phi) is 5.18. The molecule has 0 bridgehead atoms. The summed E-state index contributed by atoms with van der Waals surface area (Å²) in [5, 5.41) is 0. The van der Waals surface area contributed by atoms with Gasteiger partial charge in [0, 0.05) is 37.0 Å². The van der Waals surface area contributed by atoms with Crippen molar-refractivity contribution < 1.29 is 9.59 Å². The van der Waals surface area contributed by atoms with Crippen LogP contribution in [-0.4, -0.2) is 47.3 Å². The molecule has 0 aromatic carbocycles. The van der Waals surface area contributed by atoms with Gasteiger partial charge >= 0.3 is 0 Å². The molecule has 0 aromatic heterocycles. The highest BCUT2D eigenvalue weighted by Gasteiger charge is 2.38. The Morgan fingerprint density at radius 2 is 1.64 bits per heavy atom. The Bertz CT molecular complexity index is 413. The van der Waals surface area contributed by atoms with Gasteiger partial charge < -0.3 is 9.80 Å². The minimum absolute atomic E-state index is 0.114. The highest BCUT2D eigenvalue weighted by atomic mass is 16.2. The van der Waals surface area contributed by atoms with Crippen molar-refractivity contribution in [1.29, 1.82) is 0 Å². The zero-order chi connectivity index (χ0) is 16.5. The van der Waals surface area contributed by atoms with Crippen LogP contribution >= 0.6 is 0 Å². The van der Waals surface area contributed by atoms with E-state index in [9.17, 15) is 9.59 Å². The molecule has 2 rings (SSSR count). The number of likely N-dealkylation sites (tertiary alicyclic amines) is 1. The Morgan fingerprint density at radius 1 is 1.09 bits per heavy atom. The lowest BCUT2D eigenvalue weighted by Crippen LogP contribution is -2.48. The summed E-state index contributed by atoms with van der Waals surface area (Å²) in [5.74, 6) is 1.18. The molecule has 4 heteroatoms. The van der Waals surface area contributed by atoms with Gasteiger partial charge in [-0.3, -0.25) is 9.59 Å². The van der Waals surface area contributed by atoms with Gasteiger partial charge in [0.2, 0.25) is 11.8 Å². The molecule has 1 saturated heterocycles. The third-order valence-electron chi connectivity index (χ3n) is 4.61. The summed E-state index contributed by atoms with van der Waals surface area (Å²) in [6.45, 7) is 12.6. The van der Waals surface area contributed by atoms with Crippen molar-refractivity contribution in [2.24, 2.45) is 17.3 Å². The topological polar surface area (TPSA) is 40.6 Å². The molecule has 4 nitrogen and oxygen atoms in total. The first kappa shape index (κ1) is 17.3. The van der Waals surface area contributed by atoms with E-state index in [1.165, 1.54) is 12.8 Å². The zero-order valence-corrected chi connectivity index (χ0v) is 14.9. The standard InChI is InChI=1S/C18H32N2O2/c1-13(2)12-20(15-6-7-15)16(21)14-8-10-19(11-9-14)17(22)18(3,4)5/h13-15H,6-12H2,1-5H3. The third kappa shape index (κ3) is 4.23. The van der Waals surface area contributed by atoms with Gasteiger partial charge in [-0.05, 0) is 31.6 Å². The Morgan fingerprint density at radius 3 is 2.05 bits per heavy atom. The lowest BCUT2D eigenvalue weighted by Gasteiger charge is -2.37. The molecule has 1 saturated carbocycles. The molecule has 1 aliphatic carbocycles. The van der Waals surface area contributed by atoms with Crippen LogP contribution in [0.4, 0.5) is 0 Å². The first-order valence-corrected chi connectivity index (χ1v) is 8.80. The van der Waals surface area contributed by atoms with E-state index in [1.807, 2.05) is 25.7 Å². The number of nitrogens with zero attached hydrogens (tertiary/aromatic N) is 2. The first-order valence-electron chi connectivity index (χ1n) is 8.80. The van der Waals surface area contributed by atoms with Crippen LogP contribution in [0.1, 0.15) is 60.3 Å². The summed E-state index contributed by atoms with van der Waals surface area (Å²) in [6, 6.07) is 0.490. The minimum Gasteiger partial charge on any atom is -0.342 e. The second-order valence-corrected chi connectivity index (χ2v) is 8.43. The largest absolute Gasteiger partial charge is 0.342 e. The number of rotatable bonds is 4. The van der Waals surface area contributed by atoms with E-state index in [0.29, 0.717) is 17.9 Å². The second-order valence-electron chi connectivity index (χ2n) is 8.43. The SMILES string of the molecule is CC(C)CN(C(=O)C1CCN(C(=O)C(C)(C)C)CC1)C1CC1. The van der Waals surface area contributed by atoms with Gasteiger partial charge in [-0.2, -0.15) is 0 Å². The third-order valence-corrected chi connectivity index (χ3v) is 4.61. The normalized spacial score (nSPS) is 20.4. The molecular formula is C18H32N2O2. The number of carbonyl (C=O) groups excluding carboxylic acids is 2. The van der Waals surface area contributed by atoms with Crippen LogP contribution in [0.2, 0.25) is 0 Å². The molecule has 0 unspecified atom stereocenters. The average Bonchev–Trinajstić information content (AvgIpc) is 3.26. The van der Waals surface area contributed by atoms with E-state index < -0.39 is 0 Å². The maximum absolute atomic E-state index is 12.8. The van der Waals surface area contributed by atoms with Crippen LogP contribution in [0, 0.1) is 17.3 Å². The molecule has 0 spiro atoms. The molecule has 0 aromatic rings. The molecule has 1 aliphatic heterocycles. The molecular weight excluding hydrogens is 276 g/mol. The van der Waals surface area contributed by atoms with E-state index in [4.69, 9.17) is 0 Å². The lowest BCUT2D eigenvalue weighted by molar-refractivity contribution is -0.145. The van der Waals surface area contributed by atoms with Gasteiger partial charge in [-0.1, -0.05) is 34.6 Å². The maximum Gasteiger partial charge on any atom is 0.227 e. The predicted molar refractivity (Wildman–Crippen MR) is 88.3 cm³/mol. The van der Waals surface area contributed by atoms with Crippen LogP contribution in [0.15, 0.2) is 0 Å². The summed E-state index contributed by atoms with van der Waals surface area (Å²) in [5.41, 5.74) is -0.325. The molecule has 1 heterocycles. The van der Waals surface area contributed by atoms with Gasteiger partial charge in [-0.25, -0.2) is 0 Å². The number of hydrogen-bond donors (Lipinski definition) is 0. The molecule has 2 aliphatic rings. The van der Waals surface area contributed by atoms with E-state index >= 15 is 0 Å². The van der Waals surface area contributed by atoms with Gasteiger partial charge in [-0.15, -0.1) is 0 Å². The van der Waals surface area contributed by atoms with Crippen LogP contribution < -0.4 is 0 Å². The van der Waals surface area contributed by atoms with Crippen molar-refractivity contribution in [3.05, 3.63) is 0 Å². The summed E-state index contributed by atoms with van der Waals surface area (Å²) in [6.07, 6.45) is 3.98. The van der Waals surface area contributed by atoms with E-state index in [-0.39, 0.29) is 17.2 Å². The highest BCUT2D eigenvalue weighted by molar-refractivity contribution is 5.83. The monoisotopic (exact) mass is 308 g/mol. The molecule has 0 radical (unpaired) electrons. The summed E-state index contributed by atoms with van der Waals surface area (Å²) >= 11 is 0. The smallest absolute Gasteiger partial charge is 0.227 e. The number of hydrogen-bond acceptors (Lipinski definition) is 2. The Balaban J connectivity index is 1.90. The molecule has 0 atom stereocenters. The quantitative estimate of drug-likeness (QED) is 0.801. The fourth-order valence-electron chi connectivity index (χ4n) is 3.24. The van der Waals surface area contributed by atoms with Gasteiger partial charge in [0.1, 0.15) is 0 Å². The second kappa shape index (κ2) is 6.59. The van der Waals surface area contributed by atoms with Gasteiger partial charge in [0.15, 0.2) is 0 Å². The van der Waals surface area contributed by atoms with Crippen molar-refractivity contribution in [3.8, 4) is 0 Å². The first-order chi connectivity index (χ1) is 10.2. The van der Waals surface area contributed by atoms with Crippen LogP contribution in [-0.2, 0) is 9.59 Å². The van der Waals surface area contributed by atoms with Crippen molar-refractivity contribution in [3.63, 3.8) is 0 Å². The summed E-state index contributed by atoms with van der Waals surface area (Å²) in [4.78, 5) is 29.2. The van der Waals surface area contributed by atoms with Crippen molar-refractivity contribution in [2.45, 2.75) is 66.3 Å². The average molecular weight is 308 g/mol. The van der Waals surface area contributed by atoms with Gasteiger partial charge in [0.05, 0.1) is 0 Å². The molecule has 2 fully saturated rings. The van der Waals surface area contributed by atoms with Crippen molar-refractivity contribution >= 4 is 11.8 Å². The predicted octanol–water partition coefficient (Wildman–Crippen LogP) is 2.92. The molecule has 0 N–H and O–H groups in total. The van der Waals surface area contributed by atoms with Crippen LogP contribution in [0.25, 0.3) is 0 Å². The van der Waals surface area contributed by atoms with E-state index in [2.05, 4.69) is 18.7 Å². The molecule has 2 amide bonds. The highest BCUT2D eigenvalue weighted by Crippen LogP contribution is 2.31. The van der Waals surface area contributed by atoms with Crippen LogP contribution in [0.5, 0.6) is 0 Å². The maximum atomic E-state index is 12.8. The Hall–Kier alpha value is -1.06. The summed E-state index contributed by atoms with van der Waals surface area (Å²) < 4.78 is 0. The van der Waals surface area contributed by atoms with Crippen molar-refractivity contribution in [1.82, 2.24) is 9.80 Å².